The van der Waals surface area contributed by atoms with Gasteiger partial charge in [0.05, 0.1) is 18.8 Å². The Morgan fingerprint density at radius 2 is 2.07 bits per heavy atom. The number of thioether (sulfide) groups is 1. The molecule has 150 valence electrons. The van der Waals surface area contributed by atoms with Gasteiger partial charge in [-0.2, -0.15) is 0 Å². The van der Waals surface area contributed by atoms with E-state index in [0.717, 1.165) is 0 Å². The predicted molar refractivity (Wildman–Crippen MR) is 109 cm³/mol. The van der Waals surface area contributed by atoms with Crippen LogP contribution in [0, 0.1) is 5.92 Å². The summed E-state index contributed by atoms with van der Waals surface area (Å²) in [7, 11) is 0. The van der Waals surface area contributed by atoms with Crippen molar-refractivity contribution in [1.29, 1.82) is 0 Å². The molecule has 1 N–H and O–H groups in total. The van der Waals surface area contributed by atoms with Crippen molar-refractivity contribution in [2.24, 2.45) is 5.92 Å². The molecule has 0 saturated carbocycles. The molecule has 1 rings (SSSR count). The number of aliphatic carboxylic acids is 1. The molecule has 0 amide bonds. The summed E-state index contributed by atoms with van der Waals surface area (Å²) in [6, 6.07) is 6.86. The highest BCUT2D eigenvalue weighted by molar-refractivity contribution is 8.14. The summed E-state index contributed by atoms with van der Waals surface area (Å²) < 4.78 is 22.3. The lowest BCUT2D eigenvalue weighted by molar-refractivity contribution is -0.159. The maximum Gasteiger partial charge on any atom is 0.321 e. The van der Waals surface area contributed by atoms with Crippen LogP contribution in [0.25, 0.3) is 0 Å². The highest BCUT2D eigenvalue weighted by atomic mass is 32.3. The Bertz CT molecular complexity index is 663. The zero-order chi connectivity index (χ0) is 20.6. The van der Waals surface area contributed by atoms with E-state index in [1.165, 1.54) is 18.0 Å². The van der Waals surface area contributed by atoms with E-state index in [1.807, 2.05) is 0 Å². The molecule has 1 aromatic rings. The van der Waals surface area contributed by atoms with Gasteiger partial charge < -0.3 is 19.1 Å². The number of hydrogen-bond donors (Lipinski definition) is 1. The summed E-state index contributed by atoms with van der Waals surface area (Å²) in [6.07, 6.45) is 4.81. The number of benzene rings is 1. The van der Waals surface area contributed by atoms with Gasteiger partial charge in [-0.05, 0) is 37.3 Å². The number of carboxylic acids is 1. The first kappa shape index (κ1) is 23.4. The Kier molecular flexibility index (Phi) is 9.21. The topological polar surface area (TPSA) is 95.9 Å². The van der Waals surface area contributed by atoms with E-state index in [9.17, 15) is 19.2 Å². The van der Waals surface area contributed by atoms with Crippen LogP contribution < -0.4 is 4.74 Å². The van der Waals surface area contributed by atoms with Crippen molar-refractivity contribution in [3.8, 4) is 5.75 Å². The third-order valence-corrected chi connectivity index (χ3v) is 7.96. The maximum atomic E-state index is 12.6. The summed E-state index contributed by atoms with van der Waals surface area (Å²) in [5.41, 5.74) is 0.492. The van der Waals surface area contributed by atoms with Crippen LogP contribution in [0.4, 0.5) is 0 Å². The molecule has 0 heterocycles. The van der Waals surface area contributed by atoms with E-state index in [-0.39, 0.29) is 13.2 Å². The van der Waals surface area contributed by atoms with Gasteiger partial charge in [-0.1, -0.05) is 30.9 Å². The normalized spacial score (nSPS) is 16.5. The molecule has 0 aliphatic heterocycles. The van der Waals surface area contributed by atoms with E-state index >= 15 is 0 Å². The van der Waals surface area contributed by atoms with E-state index < -0.39 is 39.0 Å². The molecule has 0 bridgehead atoms. The number of carbonyl (C=O) groups is 2. The number of carbonyl (C=O) groups excluding carboxylic acids is 1. The average molecular weight is 415 g/mol. The van der Waals surface area contributed by atoms with Gasteiger partial charge in [-0.15, -0.1) is 11.8 Å². The first-order valence-electron chi connectivity index (χ1n) is 8.35. The third kappa shape index (κ3) is 5.43. The number of rotatable bonds is 11. The van der Waals surface area contributed by atoms with Gasteiger partial charge in [0.15, 0.2) is 10.00 Å². The van der Waals surface area contributed by atoms with Crippen LogP contribution in [0.5, 0.6) is 5.75 Å². The van der Waals surface area contributed by atoms with Crippen molar-refractivity contribution in [3.63, 3.8) is 0 Å². The Hall–Kier alpha value is -1.64. The fourth-order valence-corrected chi connectivity index (χ4v) is 4.89. The van der Waals surface area contributed by atoms with Crippen LogP contribution >= 0.6 is 11.8 Å². The molecule has 1 aromatic carbocycles. The Balaban J connectivity index is 3.67. The summed E-state index contributed by atoms with van der Waals surface area (Å²) in [5, 5.41) is 9.84. The fourth-order valence-electron chi connectivity index (χ4n) is 2.82. The molecule has 0 aliphatic rings. The zero-order valence-electron chi connectivity index (χ0n) is 16.0. The van der Waals surface area contributed by atoms with Gasteiger partial charge in [0, 0.05) is 5.56 Å². The number of para-hydroxylation sites is 1. The second-order valence-electron chi connectivity index (χ2n) is 5.86. The Morgan fingerprint density at radius 3 is 2.56 bits per heavy atom. The van der Waals surface area contributed by atoms with Crippen molar-refractivity contribution in [2.75, 3.05) is 25.7 Å². The van der Waals surface area contributed by atoms with Crippen LogP contribution in [0.1, 0.15) is 25.3 Å². The number of esters is 1. The minimum atomic E-state index is -1.53. The molecule has 27 heavy (non-hydrogen) atoms. The highest BCUT2D eigenvalue weighted by Crippen LogP contribution is 2.49. The molecule has 0 spiro atoms. The number of ether oxygens (including phenoxy) is 2. The smallest absolute Gasteiger partial charge is 0.321 e. The van der Waals surface area contributed by atoms with Crippen molar-refractivity contribution >= 4 is 34.9 Å². The molecule has 4 unspecified atom stereocenters. The van der Waals surface area contributed by atoms with Crippen molar-refractivity contribution in [1.82, 2.24) is 0 Å². The molecule has 0 aliphatic carbocycles. The summed E-state index contributed by atoms with van der Waals surface area (Å²) >= 11 is -0.205. The van der Waals surface area contributed by atoms with Gasteiger partial charge >= 0.3 is 11.9 Å². The average Bonchev–Trinajstić information content (AvgIpc) is 2.63. The summed E-state index contributed by atoms with van der Waals surface area (Å²) in [4.78, 5) is 24.6. The van der Waals surface area contributed by atoms with Crippen LogP contribution in [0.3, 0.4) is 0 Å². The van der Waals surface area contributed by atoms with Crippen LogP contribution in [-0.4, -0.2) is 51.4 Å². The largest absolute Gasteiger partial charge is 0.615 e. The quantitative estimate of drug-likeness (QED) is 0.257. The monoisotopic (exact) mass is 414 g/mol. The molecule has 0 fully saturated rings. The predicted octanol–water partition coefficient (Wildman–Crippen LogP) is 3.06. The standard InChI is InChI=1S/C19H26O6S2/c1-6-12-25-14-11-9-8-10-13(14)16(19(3,26-4)27(5)23)15(17(20)21)18(22)24-7-2/h6,8-11,15-16H,1,7,12H2,2-5H3,(H,20,21). The lowest BCUT2D eigenvalue weighted by Crippen LogP contribution is -2.46. The van der Waals surface area contributed by atoms with Crippen molar-refractivity contribution in [2.45, 2.75) is 23.8 Å². The molecule has 8 heteroatoms. The van der Waals surface area contributed by atoms with Crippen molar-refractivity contribution in [3.05, 3.63) is 42.5 Å². The Morgan fingerprint density at radius 1 is 1.44 bits per heavy atom. The second kappa shape index (κ2) is 10.6. The van der Waals surface area contributed by atoms with Gasteiger partial charge in [0.1, 0.15) is 12.4 Å². The summed E-state index contributed by atoms with van der Waals surface area (Å²) in [5.74, 6) is -4.23. The number of hydrogen-bond acceptors (Lipinski definition) is 6. The lowest BCUT2D eigenvalue weighted by atomic mass is 9.82. The molecule has 4 atom stereocenters. The van der Waals surface area contributed by atoms with Gasteiger partial charge in [0.2, 0.25) is 0 Å². The second-order valence-corrected chi connectivity index (χ2v) is 9.13. The van der Waals surface area contributed by atoms with Gasteiger partial charge in [-0.25, -0.2) is 0 Å². The van der Waals surface area contributed by atoms with Gasteiger partial charge in [0.25, 0.3) is 0 Å². The minimum absolute atomic E-state index is 0.0507. The van der Waals surface area contributed by atoms with Crippen LogP contribution in [0.2, 0.25) is 0 Å². The van der Waals surface area contributed by atoms with Crippen LogP contribution in [-0.2, 0) is 25.5 Å². The molecular formula is C19H26O6S2. The van der Waals surface area contributed by atoms with Crippen LogP contribution in [0.15, 0.2) is 36.9 Å². The molecule has 6 nitrogen and oxygen atoms in total. The van der Waals surface area contributed by atoms with E-state index in [2.05, 4.69) is 6.58 Å². The minimum Gasteiger partial charge on any atom is -0.615 e. The van der Waals surface area contributed by atoms with E-state index in [4.69, 9.17) is 9.47 Å². The lowest BCUT2D eigenvalue weighted by Gasteiger charge is -2.38. The Labute approximate surface area is 167 Å². The highest BCUT2D eigenvalue weighted by Gasteiger charge is 2.54. The fraction of sp³-hybridized carbons (Fsp3) is 0.474. The number of carboxylic acid groups (broad SMARTS) is 1. The summed E-state index contributed by atoms with van der Waals surface area (Å²) in [6.45, 7) is 7.18. The molecular weight excluding hydrogens is 388 g/mol. The molecule has 0 radical (unpaired) electrons. The SMILES string of the molecule is C=CCOc1ccccc1C(C(C(=O)O)C(=O)OCC)C(C)(SC)[S+](C)[O-]. The molecule has 0 aromatic heterocycles. The first-order valence-corrected chi connectivity index (χ1v) is 11.1. The van der Waals surface area contributed by atoms with E-state index in [1.54, 1.807) is 50.4 Å². The first-order chi connectivity index (χ1) is 12.7. The third-order valence-electron chi connectivity index (χ3n) is 4.29. The van der Waals surface area contributed by atoms with Gasteiger partial charge in [-0.3, -0.25) is 9.59 Å². The zero-order valence-corrected chi connectivity index (χ0v) is 17.6. The van der Waals surface area contributed by atoms with Crippen molar-refractivity contribution < 1.29 is 28.7 Å². The molecule has 0 saturated heterocycles. The maximum absolute atomic E-state index is 12.6. The van der Waals surface area contributed by atoms with E-state index in [0.29, 0.717) is 11.3 Å².